The number of aromatic nitrogens is 1. The smallest absolute Gasteiger partial charge is 0.220 e. The second-order valence-electron chi connectivity index (χ2n) is 5.11. The van der Waals surface area contributed by atoms with Crippen LogP contribution in [0.15, 0.2) is 34.9 Å². The Morgan fingerprint density at radius 1 is 1.26 bits per heavy atom. The van der Waals surface area contributed by atoms with E-state index in [4.69, 9.17) is 14.0 Å². The normalized spacial score (nSPS) is 10.5. The number of carbonyl (C=O) groups excluding carboxylic acids is 1. The summed E-state index contributed by atoms with van der Waals surface area (Å²) in [7, 11) is 3.24. The quantitative estimate of drug-likeness (QED) is 0.719. The minimum atomic E-state index is 0.0286. The molecule has 0 aliphatic rings. The van der Waals surface area contributed by atoms with Crippen molar-refractivity contribution in [2.75, 3.05) is 27.4 Å². The largest absolute Gasteiger partial charge is 0.497 e. The summed E-state index contributed by atoms with van der Waals surface area (Å²) in [6.07, 6.45) is 1.90. The number of aryl methyl sites for hydroxylation is 1. The molecule has 0 aliphatic carbocycles. The van der Waals surface area contributed by atoms with E-state index in [0.29, 0.717) is 31.8 Å². The van der Waals surface area contributed by atoms with Crippen molar-refractivity contribution in [3.63, 3.8) is 0 Å². The van der Waals surface area contributed by atoms with Crippen LogP contribution < -0.4 is 10.1 Å². The summed E-state index contributed by atoms with van der Waals surface area (Å²) in [5, 5.41) is 6.84. The topological polar surface area (TPSA) is 73.6 Å². The zero-order valence-corrected chi connectivity index (χ0v) is 13.5. The Balaban J connectivity index is 1.79. The highest BCUT2D eigenvalue weighted by Gasteiger charge is 2.08. The summed E-state index contributed by atoms with van der Waals surface area (Å²) in [5.74, 6) is 1.54. The molecule has 1 aromatic heterocycles. The van der Waals surface area contributed by atoms with Gasteiger partial charge in [0, 0.05) is 31.7 Å². The third-order valence-electron chi connectivity index (χ3n) is 3.40. The van der Waals surface area contributed by atoms with Crippen LogP contribution in [0, 0.1) is 0 Å². The van der Waals surface area contributed by atoms with Crippen LogP contribution in [-0.2, 0) is 16.0 Å². The fraction of sp³-hybridized carbons (Fsp3) is 0.412. The molecular formula is C17H22N2O4. The Labute approximate surface area is 135 Å². The number of methoxy groups -OCH3 is 2. The maximum atomic E-state index is 11.6. The number of ether oxygens (including phenoxy) is 2. The van der Waals surface area contributed by atoms with Gasteiger partial charge in [-0.3, -0.25) is 4.79 Å². The molecule has 0 unspecified atom stereocenters. The third-order valence-corrected chi connectivity index (χ3v) is 3.40. The monoisotopic (exact) mass is 318 g/mol. The van der Waals surface area contributed by atoms with Crippen LogP contribution in [-0.4, -0.2) is 38.4 Å². The lowest BCUT2D eigenvalue weighted by Crippen LogP contribution is -2.26. The standard InChI is InChI=1S/C17H22N2O4/c1-21-11-10-18-17(20)5-3-4-14-12-16(23-19-14)13-6-8-15(22-2)9-7-13/h6-9,12H,3-5,10-11H2,1-2H3,(H,18,20). The highest BCUT2D eigenvalue weighted by Crippen LogP contribution is 2.23. The van der Waals surface area contributed by atoms with Crippen LogP contribution in [0.5, 0.6) is 5.75 Å². The van der Waals surface area contributed by atoms with E-state index in [2.05, 4.69) is 10.5 Å². The van der Waals surface area contributed by atoms with Crippen molar-refractivity contribution in [2.24, 2.45) is 0 Å². The number of hydrogen-bond acceptors (Lipinski definition) is 5. The van der Waals surface area contributed by atoms with Gasteiger partial charge in [0.2, 0.25) is 5.91 Å². The van der Waals surface area contributed by atoms with Gasteiger partial charge < -0.3 is 19.3 Å². The van der Waals surface area contributed by atoms with Gasteiger partial charge in [0.25, 0.3) is 0 Å². The lowest BCUT2D eigenvalue weighted by atomic mass is 10.1. The van der Waals surface area contributed by atoms with Crippen LogP contribution in [0.1, 0.15) is 18.5 Å². The van der Waals surface area contributed by atoms with Crippen molar-refractivity contribution in [3.8, 4) is 17.1 Å². The first-order chi connectivity index (χ1) is 11.2. The van der Waals surface area contributed by atoms with Crippen molar-refractivity contribution in [2.45, 2.75) is 19.3 Å². The van der Waals surface area contributed by atoms with E-state index in [0.717, 1.165) is 23.4 Å². The van der Waals surface area contributed by atoms with Gasteiger partial charge >= 0.3 is 0 Å². The van der Waals surface area contributed by atoms with Gasteiger partial charge in [0.05, 0.1) is 19.4 Å². The first kappa shape index (κ1) is 17.0. The molecule has 0 radical (unpaired) electrons. The van der Waals surface area contributed by atoms with E-state index in [1.165, 1.54) is 0 Å². The zero-order valence-electron chi connectivity index (χ0n) is 13.5. The molecule has 1 amide bonds. The van der Waals surface area contributed by atoms with Gasteiger partial charge in [-0.1, -0.05) is 5.16 Å². The molecule has 0 saturated carbocycles. The van der Waals surface area contributed by atoms with Crippen LogP contribution in [0.3, 0.4) is 0 Å². The molecule has 2 rings (SSSR count). The molecule has 0 aliphatic heterocycles. The first-order valence-electron chi connectivity index (χ1n) is 7.58. The van der Waals surface area contributed by atoms with Gasteiger partial charge in [0.1, 0.15) is 5.75 Å². The fourth-order valence-corrected chi connectivity index (χ4v) is 2.13. The molecule has 0 bridgehead atoms. The van der Waals surface area contributed by atoms with E-state index in [1.807, 2.05) is 30.3 Å². The number of hydrogen-bond donors (Lipinski definition) is 1. The van der Waals surface area contributed by atoms with Crippen molar-refractivity contribution in [1.82, 2.24) is 10.5 Å². The van der Waals surface area contributed by atoms with Crippen LogP contribution in [0.25, 0.3) is 11.3 Å². The van der Waals surface area contributed by atoms with Crippen molar-refractivity contribution >= 4 is 5.91 Å². The molecule has 6 nitrogen and oxygen atoms in total. The lowest BCUT2D eigenvalue weighted by Gasteiger charge is -2.03. The fourth-order valence-electron chi connectivity index (χ4n) is 2.13. The van der Waals surface area contributed by atoms with E-state index < -0.39 is 0 Å². The average molecular weight is 318 g/mol. The first-order valence-corrected chi connectivity index (χ1v) is 7.58. The second-order valence-corrected chi connectivity index (χ2v) is 5.11. The molecule has 6 heteroatoms. The van der Waals surface area contributed by atoms with Crippen LogP contribution in [0.4, 0.5) is 0 Å². The molecule has 23 heavy (non-hydrogen) atoms. The Bertz CT molecular complexity index is 607. The Hall–Kier alpha value is -2.34. The number of nitrogens with zero attached hydrogens (tertiary/aromatic N) is 1. The molecular weight excluding hydrogens is 296 g/mol. The van der Waals surface area contributed by atoms with Crippen molar-refractivity contribution in [1.29, 1.82) is 0 Å². The van der Waals surface area contributed by atoms with E-state index in [1.54, 1.807) is 14.2 Å². The highest BCUT2D eigenvalue weighted by molar-refractivity contribution is 5.75. The van der Waals surface area contributed by atoms with Crippen LogP contribution in [0.2, 0.25) is 0 Å². The predicted octanol–water partition coefficient (Wildman–Crippen LogP) is 2.44. The molecule has 0 fully saturated rings. The maximum absolute atomic E-state index is 11.6. The summed E-state index contributed by atoms with van der Waals surface area (Å²) in [6, 6.07) is 9.51. The van der Waals surface area contributed by atoms with Gasteiger partial charge in [-0.15, -0.1) is 0 Å². The van der Waals surface area contributed by atoms with Crippen molar-refractivity contribution in [3.05, 3.63) is 36.0 Å². The summed E-state index contributed by atoms with van der Waals surface area (Å²) in [6.45, 7) is 1.07. The summed E-state index contributed by atoms with van der Waals surface area (Å²) in [4.78, 5) is 11.6. The number of amides is 1. The second kappa shape index (κ2) is 8.95. The minimum Gasteiger partial charge on any atom is -0.497 e. The SMILES string of the molecule is COCCNC(=O)CCCc1cc(-c2ccc(OC)cc2)on1. The number of rotatable bonds is 9. The van der Waals surface area contributed by atoms with Crippen molar-refractivity contribution < 1.29 is 18.8 Å². The minimum absolute atomic E-state index is 0.0286. The molecule has 1 heterocycles. The summed E-state index contributed by atoms with van der Waals surface area (Å²) < 4.78 is 15.4. The lowest BCUT2D eigenvalue weighted by molar-refractivity contribution is -0.121. The molecule has 1 aromatic carbocycles. The average Bonchev–Trinajstić information content (AvgIpc) is 3.04. The van der Waals surface area contributed by atoms with E-state index in [9.17, 15) is 4.79 Å². The molecule has 0 saturated heterocycles. The van der Waals surface area contributed by atoms with Gasteiger partial charge in [-0.05, 0) is 37.1 Å². The number of nitrogens with one attached hydrogen (secondary N) is 1. The summed E-state index contributed by atoms with van der Waals surface area (Å²) >= 11 is 0. The molecule has 0 spiro atoms. The molecule has 1 N–H and O–H groups in total. The van der Waals surface area contributed by atoms with Gasteiger partial charge in [0.15, 0.2) is 5.76 Å². The number of benzene rings is 1. The molecule has 2 aromatic rings. The molecule has 124 valence electrons. The zero-order chi connectivity index (χ0) is 16.5. The Kier molecular flexibility index (Phi) is 6.62. The van der Waals surface area contributed by atoms with Crippen LogP contribution >= 0.6 is 0 Å². The Morgan fingerprint density at radius 2 is 2.04 bits per heavy atom. The number of carbonyl (C=O) groups is 1. The Morgan fingerprint density at radius 3 is 2.74 bits per heavy atom. The third kappa shape index (κ3) is 5.41. The maximum Gasteiger partial charge on any atom is 0.220 e. The summed E-state index contributed by atoms with van der Waals surface area (Å²) in [5.41, 5.74) is 1.79. The van der Waals surface area contributed by atoms with Gasteiger partial charge in [-0.25, -0.2) is 0 Å². The van der Waals surface area contributed by atoms with E-state index in [-0.39, 0.29) is 5.91 Å². The van der Waals surface area contributed by atoms with E-state index >= 15 is 0 Å². The molecule has 0 atom stereocenters. The van der Waals surface area contributed by atoms with Gasteiger partial charge in [-0.2, -0.15) is 0 Å². The predicted molar refractivity (Wildman–Crippen MR) is 86.3 cm³/mol. The highest BCUT2D eigenvalue weighted by atomic mass is 16.5.